The van der Waals surface area contributed by atoms with Gasteiger partial charge in [-0.15, -0.1) is 17.2 Å². The molecule has 0 unspecified atom stereocenters. The van der Waals surface area contributed by atoms with Gasteiger partial charge in [-0.1, -0.05) is 36.4 Å². The standard InChI is InChI=1S/C17H22N3O3P.ClH/c1-3-22-24(21,23-4-2)20-17(18-15-11-7-5-8-12-15)19-16-13-9-6-10-14-16;/h5-14H,3-4H2,1-2H3,(H2,18,19,20,21);1H. The van der Waals surface area contributed by atoms with Gasteiger partial charge in [0.1, 0.15) is 0 Å². The van der Waals surface area contributed by atoms with Crippen molar-refractivity contribution in [2.45, 2.75) is 13.8 Å². The van der Waals surface area contributed by atoms with Crippen molar-refractivity contribution in [1.82, 2.24) is 0 Å². The van der Waals surface area contributed by atoms with Gasteiger partial charge in [0.05, 0.1) is 13.2 Å². The number of hydrogen-bond acceptors (Lipinski definition) is 3. The average Bonchev–Trinajstić information content (AvgIpc) is 2.57. The highest BCUT2D eigenvalue weighted by Crippen LogP contribution is 2.49. The SMILES string of the molecule is CCOP(=O)(N=C(Nc1ccccc1)Nc1ccccc1)OCC.Cl. The van der Waals surface area contributed by atoms with Gasteiger partial charge in [-0.2, -0.15) is 0 Å². The van der Waals surface area contributed by atoms with Crippen LogP contribution in [0.15, 0.2) is 65.4 Å². The van der Waals surface area contributed by atoms with Crippen molar-refractivity contribution in [3.05, 3.63) is 60.7 Å². The van der Waals surface area contributed by atoms with Gasteiger partial charge < -0.3 is 10.6 Å². The first kappa shape index (κ1) is 21.2. The molecule has 2 rings (SSSR count). The molecule has 8 heteroatoms. The van der Waals surface area contributed by atoms with E-state index in [-0.39, 0.29) is 31.6 Å². The second-order valence-corrected chi connectivity index (χ2v) is 6.39. The molecule has 0 radical (unpaired) electrons. The lowest BCUT2D eigenvalue weighted by molar-refractivity contribution is 0.221. The van der Waals surface area contributed by atoms with E-state index in [4.69, 9.17) is 9.05 Å². The van der Waals surface area contributed by atoms with Crippen molar-refractivity contribution >= 4 is 37.5 Å². The molecule has 0 heterocycles. The molecule has 0 aliphatic heterocycles. The van der Waals surface area contributed by atoms with Gasteiger partial charge in [-0.3, -0.25) is 9.05 Å². The maximum absolute atomic E-state index is 12.7. The monoisotopic (exact) mass is 383 g/mol. The molecule has 2 aromatic carbocycles. The normalized spacial score (nSPS) is 10.5. The van der Waals surface area contributed by atoms with Gasteiger partial charge in [-0.25, -0.2) is 4.57 Å². The van der Waals surface area contributed by atoms with Crippen LogP contribution in [0.3, 0.4) is 0 Å². The van der Waals surface area contributed by atoms with E-state index in [0.29, 0.717) is 0 Å². The Morgan fingerprint density at radius 3 is 1.64 bits per heavy atom. The van der Waals surface area contributed by atoms with Gasteiger partial charge >= 0.3 is 7.75 Å². The number of halogens is 1. The molecule has 0 saturated carbocycles. The zero-order chi connectivity index (χ0) is 17.3. The van der Waals surface area contributed by atoms with Crippen LogP contribution in [-0.2, 0) is 13.6 Å². The average molecular weight is 384 g/mol. The van der Waals surface area contributed by atoms with Crippen LogP contribution in [0.4, 0.5) is 11.4 Å². The van der Waals surface area contributed by atoms with Crippen molar-refractivity contribution in [1.29, 1.82) is 0 Å². The maximum atomic E-state index is 12.7. The van der Waals surface area contributed by atoms with E-state index in [2.05, 4.69) is 15.4 Å². The number of guanidine groups is 1. The summed E-state index contributed by atoms with van der Waals surface area (Å²) in [5.74, 6) is 0.289. The van der Waals surface area contributed by atoms with Crippen molar-refractivity contribution < 1.29 is 13.6 Å². The van der Waals surface area contributed by atoms with Gasteiger partial charge in [0, 0.05) is 11.4 Å². The van der Waals surface area contributed by atoms with Gasteiger partial charge in [0.25, 0.3) is 0 Å². The highest BCUT2D eigenvalue weighted by Gasteiger charge is 2.24. The van der Waals surface area contributed by atoms with Crippen LogP contribution in [-0.4, -0.2) is 19.2 Å². The molecule has 6 nitrogen and oxygen atoms in total. The third-order valence-electron chi connectivity index (χ3n) is 2.88. The van der Waals surface area contributed by atoms with Crippen LogP contribution in [0.5, 0.6) is 0 Å². The Kier molecular flexibility index (Phi) is 9.24. The third-order valence-corrected chi connectivity index (χ3v) is 4.49. The van der Waals surface area contributed by atoms with Gasteiger partial charge in [0.2, 0.25) is 5.96 Å². The molecular formula is C17H23ClN3O3P. The molecule has 2 N–H and O–H groups in total. The highest BCUT2D eigenvalue weighted by atomic mass is 35.5. The molecule has 25 heavy (non-hydrogen) atoms. The van der Waals surface area contributed by atoms with Gasteiger partial charge in [0.15, 0.2) is 0 Å². The molecule has 0 aliphatic rings. The lowest BCUT2D eigenvalue weighted by Crippen LogP contribution is -2.22. The van der Waals surface area contributed by atoms with Crippen LogP contribution in [0.2, 0.25) is 0 Å². The zero-order valence-corrected chi connectivity index (χ0v) is 15.9. The molecule has 0 saturated heterocycles. The van der Waals surface area contributed by atoms with Crippen molar-refractivity contribution in [2.75, 3.05) is 23.8 Å². The number of benzene rings is 2. The summed E-state index contributed by atoms with van der Waals surface area (Å²) in [4.78, 5) is 0. The fraction of sp³-hybridized carbons (Fsp3) is 0.235. The smallest absolute Gasteiger partial charge is 0.326 e. The fourth-order valence-electron chi connectivity index (χ4n) is 1.94. The van der Waals surface area contributed by atoms with Crippen molar-refractivity contribution in [2.24, 2.45) is 4.76 Å². The van der Waals surface area contributed by atoms with E-state index < -0.39 is 7.75 Å². The number of anilines is 2. The first-order chi connectivity index (χ1) is 11.6. The lowest BCUT2D eigenvalue weighted by Gasteiger charge is -2.16. The number of nitrogens with one attached hydrogen (secondary N) is 2. The van der Waals surface area contributed by atoms with Gasteiger partial charge in [-0.05, 0) is 38.1 Å². The Bertz CT molecular complexity index is 645. The first-order valence-electron chi connectivity index (χ1n) is 7.78. The van der Waals surface area contributed by atoms with Crippen LogP contribution < -0.4 is 10.6 Å². The Morgan fingerprint density at radius 2 is 1.28 bits per heavy atom. The minimum Gasteiger partial charge on any atom is -0.326 e. The van der Waals surface area contributed by atoms with Crippen LogP contribution in [0, 0.1) is 0 Å². The molecule has 0 bridgehead atoms. The largest absolute Gasteiger partial charge is 0.457 e. The summed E-state index contributed by atoms with van der Waals surface area (Å²) < 4.78 is 27.4. The Labute approximate surface area is 154 Å². The molecule has 0 aromatic heterocycles. The van der Waals surface area contributed by atoms with E-state index in [9.17, 15) is 4.57 Å². The Balaban J connectivity index is 0.00000312. The second kappa shape index (κ2) is 10.9. The fourth-order valence-corrected chi connectivity index (χ4v) is 3.13. The van der Waals surface area contributed by atoms with Crippen LogP contribution in [0.25, 0.3) is 0 Å². The van der Waals surface area contributed by atoms with Crippen molar-refractivity contribution in [3.8, 4) is 0 Å². The highest BCUT2D eigenvalue weighted by molar-refractivity contribution is 7.52. The van der Waals surface area contributed by atoms with E-state index in [1.54, 1.807) is 13.8 Å². The Hall–Kier alpha value is -1.85. The lowest BCUT2D eigenvalue weighted by atomic mass is 10.3. The Morgan fingerprint density at radius 1 is 0.880 bits per heavy atom. The summed E-state index contributed by atoms with van der Waals surface area (Å²) in [6, 6.07) is 18.9. The second-order valence-electron chi connectivity index (χ2n) is 4.73. The molecule has 0 aliphatic carbocycles. The topological polar surface area (TPSA) is 72.0 Å². The van der Waals surface area contributed by atoms with Crippen LogP contribution >= 0.6 is 20.2 Å². The zero-order valence-electron chi connectivity index (χ0n) is 14.2. The summed E-state index contributed by atoms with van der Waals surface area (Å²) in [5.41, 5.74) is 1.61. The van der Waals surface area contributed by atoms with E-state index in [1.165, 1.54) is 0 Å². The summed E-state index contributed by atoms with van der Waals surface area (Å²) >= 11 is 0. The van der Waals surface area contributed by atoms with E-state index in [1.807, 2.05) is 60.7 Å². The molecule has 0 spiro atoms. The number of hydrogen-bond donors (Lipinski definition) is 2. The molecule has 0 fully saturated rings. The molecule has 136 valence electrons. The molecule has 2 aromatic rings. The molecule has 0 amide bonds. The maximum Gasteiger partial charge on any atom is 0.457 e. The third kappa shape index (κ3) is 7.28. The number of para-hydroxylation sites is 2. The number of nitrogens with zero attached hydrogens (tertiary/aromatic N) is 1. The first-order valence-corrected chi connectivity index (χ1v) is 9.28. The minimum absolute atomic E-state index is 0. The quantitative estimate of drug-likeness (QED) is 0.392. The predicted octanol–water partition coefficient (Wildman–Crippen LogP) is 5.17. The summed E-state index contributed by atoms with van der Waals surface area (Å²) in [5, 5.41) is 6.21. The molecular weight excluding hydrogens is 361 g/mol. The van der Waals surface area contributed by atoms with Crippen molar-refractivity contribution in [3.63, 3.8) is 0 Å². The summed E-state index contributed by atoms with van der Waals surface area (Å²) in [7, 11) is -3.59. The predicted molar refractivity (Wildman–Crippen MR) is 106 cm³/mol. The van der Waals surface area contributed by atoms with E-state index >= 15 is 0 Å². The minimum atomic E-state index is -3.59. The molecule has 0 atom stereocenters. The summed E-state index contributed by atoms with van der Waals surface area (Å²) in [6.07, 6.45) is 0. The summed E-state index contributed by atoms with van der Waals surface area (Å²) in [6.45, 7) is 3.97. The number of rotatable bonds is 7. The van der Waals surface area contributed by atoms with E-state index in [0.717, 1.165) is 11.4 Å². The van der Waals surface area contributed by atoms with Crippen LogP contribution in [0.1, 0.15) is 13.8 Å².